The number of carbonyl (C=O) groups excluding carboxylic acids is 1. The van der Waals surface area contributed by atoms with Gasteiger partial charge in [-0.3, -0.25) is 4.79 Å². The minimum absolute atomic E-state index is 0.0713. The van der Waals surface area contributed by atoms with Gasteiger partial charge in [0, 0.05) is 36.1 Å². The Morgan fingerprint density at radius 2 is 1.97 bits per heavy atom. The number of aryl methyl sites for hydroxylation is 1. The van der Waals surface area contributed by atoms with E-state index in [1.54, 1.807) is 23.5 Å². The van der Waals surface area contributed by atoms with Crippen LogP contribution in [0.2, 0.25) is 0 Å². The summed E-state index contributed by atoms with van der Waals surface area (Å²) >= 11 is 1.55. The lowest BCUT2D eigenvalue weighted by Crippen LogP contribution is -2.45. The summed E-state index contributed by atoms with van der Waals surface area (Å²) in [5, 5.41) is 5.92. The number of halogens is 1. The van der Waals surface area contributed by atoms with Gasteiger partial charge in [-0.2, -0.15) is 0 Å². The number of benzene rings is 2. The second-order valence-corrected chi connectivity index (χ2v) is 8.72. The molecule has 1 saturated heterocycles. The van der Waals surface area contributed by atoms with Gasteiger partial charge in [-0.25, -0.2) is 9.37 Å². The Kier molecular flexibility index (Phi) is 6.25. The molecule has 0 atom stereocenters. The van der Waals surface area contributed by atoms with Gasteiger partial charge in [0.25, 0.3) is 0 Å². The second-order valence-electron chi connectivity index (χ2n) is 7.87. The van der Waals surface area contributed by atoms with E-state index in [1.807, 2.05) is 23.6 Å². The molecule has 0 unspecified atom stereocenters. The van der Waals surface area contributed by atoms with Gasteiger partial charge in [0.05, 0.1) is 12.1 Å². The van der Waals surface area contributed by atoms with Gasteiger partial charge in [-0.05, 0) is 37.5 Å². The van der Waals surface area contributed by atoms with E-state index in [2.05, 4.69) is 29.4 Å². The molecule has 156 valence electrons. The van der Waals surface area contributed by atoms with Crippen LogP contribution in [0.1, 0.15) is 29.7 Å². The number of hydrogen-bond donors (Lipinski definition) is 1. The summed E-state index contributed by atoms with van der Waals surface area (Å²) in [6.07, 6.45) is 1.74. The number of rotatable bonds is 6. The minimum atomic E-state index is -0.300. The molecule has 3 aromatic rings. The molecular weight excluding hydrogens is 399 g/mol. The molecular formula is C24H25FN2O2S. The number of hydrogen-bond acceptors (Lipinski definition) is 4. The Balaban J connectivity index is 1.41. The predicted octanol–water partition coefficient (Wildman–Crippen LogP) is 4.66. The lowest BCUT2D eigenvalue weighted by molar-refractivity contribution is -0.121. The van der Waals surface area contributed by atoms with Gasteiger partial charge in [0.15, 0.2) is 0 Å². The average molecular weight is 425 g/mol. The maximum absolute atomic E-state index is 13.8. The molecule has 2 aromatic carbocycles. The molecule has 1 fully saturated rings. The van der Waals surface area contributed by atoms with E-state index in [1.165, 1.54) is 11.6 Å². The summed E-state index contributed by atoms with van der Waals surface area (Å²) in [6, 6.07) is 14.9. The molecule has 1 aromatic heterocycles. The van der Waals surface area contributed by atoms with Crippen molar-refractivity contribution in [3.8, 4) is 10.6 Å². The summed E-state index contributed by atoms with van der Waals surface area (Å²) in [7, 11) is 0. The fraction of sp³-hybridized carbons (Fsp3) is 0.333. The van der Waals surface area contributed by atoms with Crippen LogP contribution in [0.15, 0.2) is 53.9 Å². The van der Waals surface area contributed by atoms with Crippen molar-refractivity contribution in [2.45, 2.75) is 31.6 Å². The van der Waals surface area contributed by atoms with E-state index in [4.69, 9.17) is 4.74 Å². The van der Waals surface area contributed by atoms with Crippen LogP contribution in [0, 0.1) is 12.7 Å². The molecule has 2 heterocycles. The van der Waals surface area contributed by atoms with Crippen LogP contribution < -0.4 is 5.32 Å². The van der Waals surface area contributed by atoms with E-state index in [0.717, 1.165) is 34.7 Å². The smallest absolute Gasteiger partial charge is 0.226 e. The van der Waals surface area contributed by atoms with Crippen molar-refractivity contribution in [2.75, 3.05) is 19.8 Å². The number of ether oxygens (including phenoxy) is 1. The van der Waals surface area contributed by atoms with Crippen molar-refractivity contribution in [3.63, 3.8) is 0 Å². The van der Waals surface area contributed by atoms with Crippen LogP contribution in [0.25, 0.3) is 10.6 Å². The molecule has 0 aliphatic carbocycles. The van der Waals surface area contributed by atoms with E-state index in [0.29, 0.717) is 19.8 Å². The molecule has 1 aliphatic rings. The van der Waals surface area contributed by atoms with E-state index >= 15 is 0 Å². The van der Waals surface area contributed by atoms with Crippen LogP contribution in [0.5, 0.6) is 0 Å². The molecule has 4 nitrogen and oxygen atoms in total. The van der Waals surface area contributed by atoms with Gasteiger partial charge in [0.1, 0.15) is 10.8 Å². The lowest BCUT2D eigenvalue weighted by atomic mass is 9.74. The highest BCUT2D eigenvalue weighted by Crippen LogP contribution is 2.34. The van der Waals surface area contributed by atoms with Crippen LogP contribution in [0.4, 0.5) is 4.39 Å². The Hall–Kier alpha value is -2.57. The molecule has 4 rings (SSSR count). The molecule has 6 heteroatoms. The highest BCUT2D eigenvalue weighted by Gasteiger charge is 2.35. The predicted molar refractivity (Wildman–Crippen MR) is 117 cm³/mol. The van der Waals surface area contributed by atoms with Crippen molar-refractivity contribution >= 4 is 17.2 Å². The monoisotopic (exact) mass is 424 g/mol. The van der Waals surface area contributed by atoms with Gasteiger partial charge in [-0.15, -0.1) is 11.3 Å². The van der Waals surface area contributed by atoms with E-state index in [-0.39, 0.29) is 23.6 Å². The Morgan fingerprint density at radius 1 is 1.20 bits per heavy atom. The summed E-state index contributed by atoms with van der Waals surface area (Å²) < 4.78 is 19.3. The van der Waals surface area contributed by atoms with Crippen LogP contribution in [-0.2, 0) is 21.4 Å². The van der Waals surface area contributed by atoms with Crippen molar-refractivity contribution in [2.24, 2.45) is 0 Å². The highest BCUT2D eigenvalue weighted by molar-refractivity contribution is 7.13. The van der Waals surface area contributed by atoms with Crippen LogP contribution in [-0.4, -0.2) is 30.6 Å². The lowest BCUT2D eigenvalue weighted by Gasteiger charge is -2.38. The molecule has 1 N–H and O–H groups in total. The first-order valence-electron chi connectivity index (χ1n) is 10.2. The van der Waals surface area contributed by atoms with Crippen molar-refractivity contribution in [3.05, 3.63) is 76.5 Å². The quantitative estimate of drug-likeness (QED) is 0.626. The molecule has 0 radical (unpaired) electrons. The fourth-order valence-corrected chi connectivity index (χ4v) is 4.69. The van der Waals surface area contributed by atoms with Crippen LogP contribution >= 0.6 is 11.3 Å². The zero-order chi connectivity index (χ0) is 21.0. The first-order chi connectivity index (χ1) is 14.5. The number of carbonyl (C=O) groups is 1. The number of aromatic nitrogens is 1. The average Bonchev–Trinajstić information content (AvgIpc) is 3.22. The molecule has 0 saturated carbocycles. The first-order valence-corrected chi connectivity index (χ1v) is 11.0. The third-order valence-corrected chi connectivity index (χ3v) is 6.64. The second kappa shape index (κ2) is 9.06. The highest BCUT2D eigenvalue weighted by atomic mass is 32.1. The molecule has 0 spiro atoms. The Bertz CT molecular complexity index is 1010. The molecule has 1 amide bonds. The molecule has 1 aliphatic heterocycles. The maximum atomic E-state index is 13.8. The summed E-state index contributed by atoms with van der Waals surface area (Å²) in [4.78, 5) is 17.3. The number of amides is 1. The van der Waals surface area contributed by atoms with Gasteiger partial charge >= 0.3 is 0 Å². The minimum Gasteiger partial charge on any atom is -0.381 e. The van der Waals surface area contributed by atoms with E-state index < -0.39 is 0 Å². The summed E-state index contributed by atoms with van der Waals surface area (Å²) in [5.41, 5.74) is 3.64. The third kappa shape index (κ3) is 4.77. The van der Waals surface area contributed by atoms with Crippen molar-refractivity contribution in [1.29, 1.82) is 0 Å². The third-order valence-electron chi connectivity index (χ3n) is 5.70. The fourth-order valence-electron chi connectivity index (χ4n) is 3.86. The van der Waals surface area contributed by atoms with Crippen molar-refractivity contribution < 1.29 is 13.9 Å². The molecule has 0 bridgehead atoms. The maximum Gasteiger partial charge on any atom is 0.226 e. The normalized spacial score (nSPS) is 15.7. The van der Waals surface area contributed by atoms with Crippen molar-refractivity contribution in [1.82, 2.24) is 10.3 Å². The molecule has 30 heavy (non-hydrogen) atoms. The Morgan fingerprint density at radius 3 is 2.70 bits per heavy atom. The van der Waals surface area contributed by atoms with Crippen LogP contribution in [0.3, 0.4) is 0 Å². The largest absolute Gasteiger partial charge is 0.381 e. The summed E-state index contributed by atoms with van der Waals surface area (Å²) in [6.45, 7) is 3.74. The number of thiazole rings is 1. The Labute approximate surface area is 180 Å². The first kappa shape index (κ1) is 20.7. The zero-order valence-electron chi connectivity index (χ0n) is 17.0. The van der Waals surface area contributed by atoms with Gasteiger partial charge in [0.2, 0.25) is 5.91 Å². The SMILES string of the molecule is Cc1ccc(-c2nc(CC(=O)NCC3(c4cccc(F)c4)CCOCC3)cs2)cc1. The zero-order valence-corrected chi connectivity index (χ0v) is 17.8. The standard InChI is InChI=1S/C24H25FN2O2S/c1-17-5-7-18(8-6-17)23-27-21(15-30-23)14-22(28)26-16-24(9-11-29-12-10-24)19-3-2-4-20(25)13-19/h2-8,13,15H,9-12,14,16H2,1H3,(H,26,28). The number of nitrogens with zero attached hydrogens (tertiary/aromatic N) is 1. The van der Waals surface area contributed by atoms with Gasteiger partial charge in [-0.1, -0.05) is 42.0 Å². The summed E-state index contributed by atoms with van der Waals surface area (Å²) in [5.74, 6) is -0.325. The number of nitrogens with one attached hydrogen (secondary N) is 1. The van der Waals surface area contributed by atoms with E-state index in [9.17, 15) is 9.18 Å². The topological polar surface area (TPSA) is 51.2 Å². The van der Waals surface area contributed by atoms with Gasteiger partial charge < -0.3 is 10.1 Å².